The van der Waals surface area contributed by atoms with E-state index < -0.39 is 0 Å². The van der Waals surface area contributed by atoms with E-state index in [1.54, 1.807) is 0 Å². The van der Waals surface area contributed by atoms with Crippen LogP contribution in [0.2, 0.25) is 0 Å². The van der Waals surface area contributed by atoms with Crippen LogP contribution in [-0.4, -0.2) is 55.5 Å². The fourth-order valence-electron chi connectivity index (χ4n) is 2.41. The van der Waals surface area contributed by atoms with Gasteiger partial charge in [-0.3, -0.25) is 4.99 Å². The molecule has 0 saturated carbocycles. The zero-order valence-corrected chi connectivity index (χ0v) is 11.9. The summed E-state index contributed by atoms with van der Waals surface area (Å²) in [7, 11) is 4.17. The molecule has 0 fully saturated rings. The highest BCUT2D eigenvalue weighted by atomic mass is 15.3. The van der Waals surface area contributed by atoms with Gasteiger partial charge in [-0.25, -0.2) is 0 Å². The summed E-state index contributed by atoms with van der Waals surface area (Å²) in [5, 5.41) is 0. The summed E-state index contributed by atoms with van der Waals surface area (Å²) in [6.45, 7) is 2.81. The Morgan fingerprint density at radius 3 is 2.74 bits per heavy atom. The van der Waals surface area contributed by atoms with E-state index in [0.717, 1.165) is 32.5 Å². The molecule has 19 heavy (non-hydrogen) atoms. The molecule has 0 radical (unpaired) electrons. The Morgan fingerprint density at radius 1 is 1.32 bits per heavy atom. The molecule has 0 bridgehead atoms. The average Bonchev–Trinajstić information content (AvgIpc) is 2.76. The van der Waals surface area contributed by atoms with Crippen LogP contribution in [-0.2, 0) is 6.42 Å². The molecule has 4 nitrogen and oxygen atoms in total. The van der Waals surface area contributed by atoms with E-state index in [1.807, 2.05) is 0 Å². The monoisotopic (exact) mass is 260 g/mol. The SMILES string of the molecule is CN(C)CCN1C(N)=NCC1CCc1ccccc1. The van der Waals surface area contributed by atoms with Crippen molar-refractivity contribution < 1.29 is 0 Å². The number of aryl methyl sites for hydroxylation is 1. The number of benzene rings is 1. The molecule has 0 spiro atoms. The van der Waals surface area contributed by atoms with E-state index in [2.05, 4.69) is 59.2 Å². The quantitative estimate of drug-likeness (QED) is 0.835. The third-order valence-electron chi connectivity index (χ3n) is 3.60. The smallest absolute Gasteiger partial charge is 0.191 e. The molecule has 0 aromatic heterocycles. The van der Waals surface area contributed by atoms with Crippen LogP contribution < -0.4 is 5.73 Å². The molecular weight excluding hydrogens is 236 g/mol. The molecule has 0 amide bonds. The first kappa shape index (κ1) is 13.9. The molecular formula is C15H24N4. The number of aliphatic imine (C=N–C) groups is 1. The van der Waals surface area contributed by atoms with Gasteiger partial charge in [0.1, 0.15) is 0 Å². The van der Waals surface area contributed by atoms with E-state index in [0.29, 0.717) is 12.0 Å². The molecule has 0 aliphatic carbocycles. The first-order chi connectivity index (χ1) is 9.16. The molecule has 0 saturated heterocycles. The number of hydrogen-bond donors (Lipinski definition) is 1. The van der Waals surface area contributed by atoms with Crippen LogP contribution >= 0.6 is 0 Å². The number of rotatable bonds is 6. The van der Waals surface area contributed by atoms with E-state index >= 15 is 0 Å². The maximum absolute atomic E-state index is 5.98. The van der Waals surface area contributed by atoms with Gasteiger partial charge in [-0.1, -0.05) is 30.3 Å². The molecule has 1 aromatic rings. The average molecular weight is 260 g/mol. The van der Waals surface area contributed by atoms with Crippen LogP contribution in [0.25, 0.3) is 0 Å². The number of guanidine groups is 1. The highest BCUT2D eigenvalue weighted by molar-refractivity contribution is 5.80. The van der Waals surface area contributed by atoms with Crippen molar-refractivity contribution in [2.45, 2.75) is 18.9 Å². The van der Waals surface area contributed by atoms with Gasteiger partial charge in [0, 0.05) is 13.1 Å². The van der Waals surface area contributed by atoms with Crippen molar-refractivity contribution in [3.63, 3.8) is 0 Å². The van der Waals surface area contributed by atoms with Gasteiger partial charge in [-0.15, -0.1) is 0 Å². The Morgan fingerprint density at radius 2 is 2.05 bits per heavy atom. The fraction of sp³-hybridized carbons (Fsp3) is 0.533. The second kappa shape index (κ2) is 6.57. The number of nitrogens with two attached hydrogens (primary N) is 1. The Balaban J connectivity index is 1.85. The second-order valence-electron chi connectivity index (χ2n) is 5.37. The molecule has 1 heterocycles. The van der Waals surface area contributed by atoms with E-state index in [4.69, 9.17) is 5.73 Å². The van der Waals surface area contributed by atoms with Crippen LogP contribution in [0.4, 0.5) is 0 Å². The molecule has 4 heteroatoms. The van der Waals surface area contributed by atoms with E-state index in [-0.39, 0.29) is 0 Å². The summed E-state index contributed by atoms with van der Waals surface area (Å²) in [6.07, 6.45) is 2.20. The van der Waals surface area contributed by atoms with Gasteiger partial charge >= 0.3 is 0 Å². The maximum atomic E-state index is 5.98. The van der Waals surface area contributed by atoms with Gasteiger partial charge in [-0.2, -0.15) is 0 Å². The molecule has 1 aromatic carbocycles. The first-order valence-electron chi connectivity index (χ1n) is 6.92. The summed E-state index contributed by atoms with van der Waals surface area (Å²) in [5.41, 5.74) is 7.37. The summed E-state index contributed by atoms with van der Waals surface area (Å²) < 4.78 is 0. The molecule has 1 aliphatic heterocycles. The van der Waals surface area contributed by atoms with Crippen LogP contribution in [0.15, 0.2) is 35.3 Å². The number of likely N-dealkylation sites (N-methyl/N-ethyl adjacent to an activating group) is 1. The Kier molecular flexibility index (Phi) is 4.80. The van der Waals surface area contributed by atoms with Crippen molar-refractivity contribution in [3.8, 4) is 0 Å². The van der Waals surface area contributed by atoms with Gasteiger partial charge < -0.3 is 15.5 Å². The lowest BCUT2D eigenvalue weighted by atomic mass is 10.0. The molecule has 2 rings (SSSR count). The van der Waals surface area contributed by atoms with Crippen molar-refractivity contribution in [1.82, 2.24) is 9.80 Å². The standard InChI is InChI=1S/C15H24N4/c1-18(2)10-11-19-14(12-17-15(19)16)9-8-13-6-4-3-5-7-13/h3-7,14H,8-12H2,1-2H3,(H2,16,17). The van der Waals surface area contributed by atoms with Crippen molar-refractivity contribution >= 4 is 5.96 Å². The second-order valence-corrected chi connectivity index (χ2v) is 5.37. The van der Waals surface area contributed by atoms with Gasteiger partial charge in [0.2, 0.25) is 0 Å². The lowest BCUT2D eigenvalue weighted by Gasteiger charge is -2.27. The molecule has 1 unspecified atom stereocenters. The lowest BCUT2D eigenvalue weighted by molar-refractivity contribution is 0.281. The Bertz CT molecular complexity index is 413. The molecule has 2 N–H and O–H groups in total. The summed E-state index contributed by atoms with van der Waals surface area (Å²) in [6, 6.07) is 11.1. The minimum atomic E-state index is 0.458. The fourth-order valence-corrected chi connectivity index (χ4v) is 2.41. The summed E-state index contributed by atoms with van der Waals surface area (Å²) in [5.74, 6) is 0.708. The van der Waals surface area contributed by atoms with Crippen LogP contribution in [0.3, 0.4) is 0 Å². The largest absolute Gasteiger partial charge is 0.370 e. The number of nitrogens with zero attached hydrogens (tertiary/aromatic N) is 3. The lowest BCUT2D eigenvalue weighted by Crippen LogP contribution is -2.44. The normalized spacial score (nSPS) is 19.0. The zero-order valence-electron chi connectivity index (χ0n) is 11.9. The minimum absolute atomic E-state index is 0.458. The third kappa shape index (κ3) is 3.96. The number of hydrogen-bond acceptors (Lipinski definition) is 4. The summed E-state index contributed by atoms with van der Waals surface area (Å²) >= 11 is 0. The van der Waals surface area contributed by atoms with Gasteiger partial charge in [-0.05, 0) is 32.5 Å². The summed E-state index contributed by atoms with van der Waals surface area (Å²) in [4.78, 5) is 8.82. The van der Waals surface area contributed by atoms with Gasteiger partial charge in [0.05, 0.1) is 12.6 Å². The molecule has 1 aliphatic rings. The highest BCUT2D eigenvalue weighted by Gasteiger charge is 2.25. The van der Waals surface area contributed by atoms with Crippen LogP contribution in [0, 0.1) is 0 Å². The van der Waals surface area contributed by atoms with E-state index in [1.165, 1.54) is 5.56 Å². The Hall–Kier alpha value is -1.55. The molecule has 104 valence electrons. The third-order valence-corrected chi connectivity index (χ3v) is 3.60. The zero-order chi connectivity index (χ0) is 13.7. The van der Waals surface area contributed by atoms with Gasteiger partial charge in [0.15, 0.2) is 5.96 Å². The van der Waals surface area contributed by atoms with Crippen LogP contribution in [0.5, 0.6) is 0 Å². The predicted molar refractivity (Wildman–Crippen MR) is 80.3 cm³/mol. The van der Waals surface area contributed by atoms with E-state index in [9.17, 15) is 0 Å². The topological polar surface area (TPSA) is 44.9 Å². The van der Waals surface area contributed by atoms with Crippen molar-refractivity contribution in [3.05, 3.63) is 35.9 Å². The predicted octanol–water partition coefficient (Wildman–Crippen LogP) is 1.18. The Labute approximate surface area is 115 Å². The van der Waals surface area contributed by atoms with Gasteiger partial charge in [0.25, 0.3) is 0 Å². The molecule has 1 atom stereocenters. The minimum Gasteiger partial charge on any atom is -0.370 e. The highest BCUT2D eigenvalue weighted by Crippen LogP contribution is 2.15. The van der Waals surface area contributed by atoms with Crippen molar-refractivity contribution in [1.29, 1.82) is 0 Å². The van der Waals surface area contributed by atoms with Crippen molar-refractivity contribution in [2.75, 3.05) is 33.7 Å². The maximum Gasteiger partial charge on any atom is 0.191 e. The van der Waals surface area contributed by atoms with Crippen molar-refractivity contribution in [2.24, 2.45) is 10.7 Å². The first-order valence-corrected chi connectivity index (χ1v) is 6.92. The van der Waals surface area contributed by atoms with Crippen LogP contribution in [0.1, 0.15) is 12.0 Å².